The number of likely N-dealkylation sites (tertiary alicyclic amines) is 1. The SMILES string of the molecule is CC(CN1CCCC1)Oc1ccc2ccccc2c1.Cl. The molecule has 0 radical (unpaired) electrons. The van der Waals surface area contributed by atoms with Crippen LogP contribution in [0, 0.1) is 0 Å². The topological polar surface area (TPSA) is 12.5 Å². The van der Waals surface area contributed by atoms with Crippen molar-refractivity contribution in [3.05, 3.63) is 42.5 Å². The van der Waals surface area contributed by atoms with Crippen molar-refractivity contribution in [3.63, 3.8) is 0 Å². The molecule has 1 aliphatic heterocycles. The average molecular weight is 292 g/mol. The van der Waals surface area contributed by atoms with Gasteiger partial charge in [-0.15, -0.1) is 12.4 Å². The van der Waals surface area contributed by atoms with E-state index in [1.165, 1.54) is 36.7 Å². The highest BCUT2D eigenvalue weighted by Gasteiger charge is 2.15. The molecule has 1 atom stereocenters. The lowest BCUT2D eigenvalue weighted by molar-refractivity contribution is 0.162. The van der Waals surface area contributed by atoms with Crippen LogP contribution in [-0.2, 0) is 0 Å². The predicted octanol–water partition coefficient (Wildman–Crippen LogP) is 4.12. The Morgan fingerprint density at radius 3 is 2.50 bits per heavy atom. The zero-order chi connectivity index (χ0) is 13.1. The van der Waals surface area contributed by atoms with Crippen molar-refractivity contribution in [1.82, 2.24) is 4.90 Å². The van der Waals surface area contributed by atoms with E-state index in [9.17, 15) is 0 Å². The molecule has 2 aromatic carbocycles. The van der Waals surface area contributed by atoms with Crippen LogP contribution in [0.2, 0.25) is 0 Å². The van der Waals surface area contributed by atoms with Crippen molar-refractivity contribution >= 4 is 23.2 Å². The molecule has 0 bridgehead atoms. The standard InChI is InChI=1S/C17H21NO.ClH/c1-14(13-18-10-4-5-11-18)19-17-9-8-15-6-2-3-7-16(15)12-17;/h2-3,6-9,12,14H,4-5,10-11,13H2,1H3;1H. The molecular weight excluding hydrogens is 270 g/mol. The van der Waals surface area contributed by atoms with E-state index in [0.29, 0.717) is 0 Å². The smallest absolute Gasteiger partial charge is 0.120 e. The van der Waals surface area contributed by atoms with Crippen molar-refractivity contribution in [3.8, 4) is 5.75 Å². The zero-order valence-corrected chi connectivity index (χ0v) is 12.7. The molecule has 2 aromatic rings. The lowest BCUT2D eigenvalue weighted by atomic mass is 10.1. The van der Waals surface area contributed by atoms with Gasteiger partial charge in [0.1, 0.15) is 11.9 Å². The molecule has 1 aliphatic rings. The molecule has 0 saturated carbocycles. The molecule has 3 heteroatoms. The lowest BCUT2D eigenvalue weighted by Crippen LogP contribution is -2.31. The molecule has 0 N–H and O–H groups in total. The van der Waals surface area contributed by atoms with Gasteiger partial charge in [0.05, 0.1) is 0 Å². The molecule has 108 valence electrons. The van der Waals surface area contributed by atoms with Crippen LogP contribution < -0.4 is 4.74 Å². The van der Waals surface area contributed by atoms with E-state index >= 15 is 0 Å². The molecule has 0 aromatic heterocycles. The van der Waals surface area contributed by atoms with Crippen LogP contribution >= 0.6 is 12.4 Å². The number of rotatable bonds is 4. The van der Waals surface area contributed by atoms with Gasteiger partial charge in [0.15, 0.2) is 0 Å². The molecular formula is C17H22ClNO. The van der Waals surface area contributed by atoms with Crippen molar-refractivity contribution in [1.29, 1.82) is 0 Å². The van der Waals surface area contributed by atoms with Crippen LogP contribution in [0.1, 0.15) is 19.8 Å². The third-order valence-corrected chi connectivity index (χ3v) is 3.77. The molecule has 1 heterocycles. The second kappa shape index (κ2) is 6.96. The molecule has 2 nitrogen and oxygen atoms in total. The Labute approximate surface area is 127 Å². The summed E-state index contributed by atoms with van der Waals surface area (Å²) >= 11 is 0. The number of benzene rings is 2. The van der Waals surface area contributed by atoms with E-state index in [2.05, 4.69) is 54.3 Å². The molecule has 1 fully saturated rings. The summed E-state index contributed by atoms with van der Waals surface area (Å²) in [6.07, 6.45) is 2.92. The van der Waals surface area contributed by atoms with E-state index < -0.39 is 0 Å². The summed E-state index contributed by atoms with van der Waals surface area (Å²) in [5.74, 6) is 0.977. The maximum atomic E-state index is 6.04. The maximum absolute atomic E-state index is 6.04. The monoisotopic (exact) mass is 291 g/mol. The van der Waals surface area contributed by atoms with Gasteiger partial charge in [-0.05, 0) is 55.8 Å². The van der Waals surface area contributed by atoms with E-state index in [-0.39, 0.29) is 18.5 Å². The molecule has 3 rings (SSSR count). The highest BCUT2D eigenvalue weighted by atomic mass is 35.5. The van der Waals surface area contributed by atoms with Gasteiger partial charge in [-0.1, -0.05) is 30.3 Å². The number of nitrogens with zero attached hydrogens (tertiary/aromatic N) is 1. The Morgan fingerprint density at radius 2 is 1.75 bits per heavy atom. The second-order valence-electron chi connectivity index (χ2n) is 5.45. The molecule has 0 amide bonds. The van der Waals surface area contributed by atoms with Crippen molar-refractivity contribution in [2.45, 2.75) is 25.9 Å². The summed E-state index contributed by atoms with van der Waals surface area (Å²) in [6, 6.07) is 14.7. The first-order valence-electron chi connectivity index (χ1n) is 7.19. The Kier molecular flexibility index (Phi) is 5.27. The normalized spacial score (nSPS) is 16.9. The first kappa shape index (κ1) is 15.1. The minimum atomic E-state index is 0. The number of hydrogen-bond donors (Lipinski definition) is 0. The predicted molar refractivity (Wildman–Crippen MR) is 87.0 cm³/mol. The number of hydrogen-bond acceptors (Lipinski definition) is 2. The summed E-state index contributed by atoms with van der Waals surface area (Å²) in [5, 5.41) is 2.51. The Hall–Kier alpha value is -1.25. The molecule has 20 heavy (non-hydrogen) atoms. The van der Waals surface area contributed by atoms with Gasteiger partial charge in [0.25, 0.3) is 0 Å². The zero-order valence-electron chi connectivity index (χ0n) is 11.9. The van der Waals surface area contributed by atoms with Crippen molar-refractivity contribution in [2.75, 3.05) is 19.6 Å². The molecule has 0 aliphatic carbocycles. The van der Waals surface area contributed by atoms with Crippen LogP contribution in [0.5, 0.6) is 5.75 Å². The second-order valence-corrected chi connectivity index (χ2v) is 5.45. The quantitative estimate of drug-likeness (QED) is 0.840. The summed E-state index contributed by atoms with van der Waals surface area (Å²) in [5.41, 5.74) is 0. The Morgan fingerprint density at radius 1 is 1.05 bits per heavy atom. The molecule has 0 spiro atoms. The highest BCUT2D eigenvalue weighted by Crippen LogP contribution is 2.21. The van der Waals surface area contributed by atoms with Gasteiger partial charge in [0.2, 0.25) is 0 Å². The average Bonchev–Trinajstić information content (AvgIpc) is 2.91. The third-order valence-electron chi connectivity index (χ3n) is 3.77. The molecule has 1 saturated heterocycles. The summed E-state index contributed by atoms with van der Waals surface area (Å²) in [7, 11) is 0. The van der Waals surface area contributed by atoms with Crippen molar-refractivity contribution in [2.24, 2.45) is 0 Å². The first-order valence-corrected chi connectivity index (χ1v) is 7.19. The summed E-state index contributed by atoms with van der Waals surface area (Å²) < 4.78 is 6.04. The number of halogens is 1. The minimum Gasteiger partial charge on any atom is -0.489 e. The van der Waals surface area contributed by atoms with Crippen LogP contribution in [0.25, 0.3) is 10.8 Å². The van der Waals surface area contributed by atoms with Gasteiger partial charge in [-0.2, -0.15) is 0 Å². The van der Waals surface area contributed by atoms with Gasteiger partial charge in [-0.3, -0.25) is 4.90 Å². The van der Waals surface area contributed by atoms with Gasteiger partial charge >= 0.3 is 0 Å². The highest BCUT2D eigenvalue weighted by molar-refractivity contribution is 5.85. The van der Waals surface area contributed by atoms with Crippen LogP contribution in [0.3, 0.4) is 0 Å². The molecule has 1 unspecified atom stereocenters. The number of fused-ring (bicyclic) bond motifs is 1. The van der Waals surface area contributed by atoms with E-state index in [4.69, 9.17) is 4.74 Å². The van der Waals surface area contributed by atoms with Crippen LogP contribution in [0.4, 0.5) is 0 Å². The first-order chi connectivity index (χ1) is 9.31. The van der Waals surface area contributed by atoms with Gasteiger partial charge in [-0.25, -0.2) is 0 Å². The van der Waals surface area contributed by atoms with Gasteiger partial charge < -0.3 is 4.74 Å². The number of ether oxygens (including phenoxy) is 1. The van der Waals surface area contributed by atoms with Crippen molar-refractivity contribution < 1.29 is 4.74 Å². The van der Waals surface area contributed by atoms with E-state index in [0.717, 1.165) is 12.3 Å². The van der Waals surface area contributed by atoms with E-state index in [1.807, 2.05) is 0 Å². The van der Waals surface area contributed by atoms with Crippen LogP contribution in [-0.4, -0.2) is 30.6 Å². The minimum absolute atomic E-state index is 0. The summed E-state index contributed by atoms with van der Waals surface area (Å²) in [6.45, 7) is 5.65. The fourth-order valence-electron chi connectivity index (χ4n) is 2.84. The van der Waals surface area contributed by atoms with E-state index in [1.54, 1.807) is 0 Å². The van der Waals surface area contributed by atoms with Gasteiger partial charge in [0, 0.05) is 6.54 Å². The van der Waals surface area contributed by atoms with Crippen LogP contribution in [0.15, 0.2) is 42.5 Å². The maximum Gasteiger partial charge on any atom is 0.120 e. The largest absolute Gasteiger partial charge is 0.489 e. The fraction of sp³-hybridized carbons (Fsp3) is 0.412. The summed E-state index contributed by atoms with van der Waals surface area (Å²) in [4.78, 5) is 2.49. The Balaban J connectivity index is 0.00000147. The fourth-order valence-corrected chi connectivity index (χ4v) is 2.84. The third kappa shape index (κ3) is 3.65. The Bertz CT molecular complexity index is 551. The lowest BCUT2D eigenvalue weighted by Gasteiger charge is -2.21.